The van der Waals surface area contributed by atoms with Gasteiger partial charge in [-0.15, -0.1) is 5.10 Å². The molecule has 0 bridgehead atoms. The Morgan fingerprint density at radius 2 is 1.67 bits per heavy atom. The molecule has 0 radical (unpaired) electrons. The van der Waals surface area contributed by atoms with E-state index in [0.29, 0.717) is 12.0 Å². The molecule has 0 aliphatic heterocycles. The Labute approximate surface area is 122 Å². The fourth-order valence-electron chi connectivity index (χ4n) is 2.10. The molecule has 3 aromatic rings. The summed E-state index contributed by atoms with van der Waals surface area (Å²) in [4.78, 5) is 0. The summed E-state index contributed by atoms with van der Waals surface area (Å²) in [5.41, 5.74) is 3.35. The van der Waals surface area contributed by atoms with E-state index in [1.165, 1.54) is 0 Å². The summed E-state index contributed by atoms with van der Waals surface area (Å²) in [6.45, 7) is 0.585. The van der Waals surface area contributed by atoms with Crippen molar-refractivity contribution in [2.45, 2.75) is 6.54 Å². The number of nitrogens with zero attached hydrogens (tertiary/aromatic N) is 3. The van der Waals surface area contributed by atoms with Crippen LogP contribution in [0, 0.1) is 0 Å². The van der Waals surface area contributed by atoms with Gasteiger partial charge in [0.1, 0.15) is 5.69 Å². The van der Waals surface area contributed by atoms with Crippen LogP contribution in [0.5, 0.6) is 0 Å². The Kier molecular flexibility index (Phi) is 3.81. The van der Waals surface area contributed by atoms with Crippen molar-refractivity contribution in [2.24, 2.45) is 0 Å². The van der Waals surface area contributed by atoms with Gasteiger partial charge in [-0.1, -0.05) is 59.8 Å². The van der Waals surface area contributed by atoms with Crippen molar-refractivity contribution in [2.75, 3.05) is 0 Å². The third-order valence-corrected chi connectivity index (χ3v) is 3.23. The third kappa shape index (κ3) is 3.18. The molecule has 2 aromatic carbocycles. The summed E-state index contributed by atoms with van der Waals surface area (Å²) in [5.74, 6) is 0. The van der Waals surface area contributed by atoms with Crippen molar-refractivity contribution in [1.29, 1.82) is 0 Å². The van der Waals surface area contributed by atoms with Crippen LogP contribution >= 0.6 is 0 Å². The Bertz CT molecular complexity index is 711. The first kappa shape index (κ1) is 13.5. The van der Waals surface area contributed by atoms with Crippen molar-refractivity contribution in [3.63, 3.8) is 0 Å². The minimum atomic E-state index is -1.44. The van der Waals surface area contributed by atoms with Gasteiger partial charge in [-0.2, -0.15) is 0 Å². The Morgan fingerprint density at radius 1 is 0.952 bits per heavy atom. The van der Waals surface area contributed by atoms with Crippen LogP contribution < -0.4 is 5.46 Å². The zero-order valence-corrected chi connectivity index (χ0v) is 11.3. The molecule has 0 saturated heterocycles. The fraction of sp³-hybridized carbons (Fsp3) is 0.0667. The summed E-state index contributed by atoms with van der Waals surface area (Å²) >= 11 is 0. The molecule has 0 spiro atoms. The highest BCUT2D eigenvalue weighted by molar-refractivity contribution is 6.58. The third-order valence-electron chi connectivity index (χ3n) is 3.23. The maximum Gasteiger partial charge on any atom is 0.488 e. The van der Waals surface area contributed by atoms with Crippen LogP contribution in [0.15, 0.2) is 60.8 Å². The highest BCUT2D eigenvalue weighted by Gasteiger charge is 2.10. The molecule has 0 amide bonds. The molecule has 1 heterocycles. The van der Waals surface area contributed by atoms with E-state index < -0.39 is 7.12 Å². The van der Waals surface area contributed by atoms with Crippen LogP contribution in [0.1, 0.15) is 5.56 Å². The number of benzene rings is 2. The summed E-state index contributed by atoms with van der Waals surface area (Å²) in [7, 11) is -1.44. The van der Waals surface area contributed by atoms with Gasteiger partial charge >= 0.3 is 7.12 Å². The molecule has 0 aliphatic carbocycles. The molecule has 0 saturated carbocycles. The summed E-state index contributed by atoms with van der Waals surface area (Å²) < 4.78 is 1.76. The van der Waals surface area contributed by atoms with Crippen LogP contribution in [0.25, 0.3) is 11.3 Å². The average molecular weight is 279 g/mol. The van der Waals surface area contributed by atoms with Crippen molar-refractivity contribution in [3.05, 3.63) is 66.4 Å². The van der Waals surface area contributed by atoms with Gasteiger partial charge in [-0.25, -0.2) is 4.68 Å². The number of hydrogen-bond acceptors (Lipinski definition) is 4. The molecule has 6 heteroatoms. The zero-order chi connectivity index (χ0) is 14.7. The summed E-state index contributed by atoms with van der Waals surface area (Å²) in [5, 5.41) is 26.4. The first-order chi connectivity index (χ1) is 10.2. The lowest BCUT2D eigenvalue weighted by Gasteiger charge is -2.03. The molecule has 1 aromatic heterocycles. The topological polar surface area (TPSA) is 71.2 Å². The predicted molar refractivity (Wildman–Crippen MR) is 80.8 cm³/mol. The van der Waals surface area contributed by atoms with E-state index in [2.05, 4.69) is 10.3 Å². The summed E-state index contributed by atoms with van der Waals surface area (Å²) in [6, 6.07) is 16.9. The van der Waals surface area contributed by atoms with Gasteiger partial charge in [0.2, 0.25) is 0 Å². The minimum Gasteiger partial charge on any atom is -0.423 e. The highest BCUT2D eigenvalue weighted by atomic mass is 16.4. The molecular weight excluding hydrogens is 265 g/mol. The van der Waals surface area contributed by atoms with Gasteiger partial charge in [0.05, 0.1) is 12.7 Å². The monoisotopic (exact) mass is 279 g/mol. The lowest BCUT2D eigenvalue weighted by molar-refractivity contribution is 0.426. The van der Waals surface area contributed by atoms with E-state index >= 15 is 0 Å². The van der Waals surface area contributed by atoms with E-state index in [1.807, 2.05) is 48.7 Å². The van der Waals surface area contributed by atoms with Gasteiger partial charge in [0, 0.05) is 5.56 Å². The largest absolute Gasteiger partial charge is 0.488 e. The van der Waals surface area contributed by atoms with Crippen molar-refractivity contribution >= 4 is 12.6 Å². The molecule has 2 N–H and O–H groups in total. The highest BCUT2D eigenvalue weighted by Crippen LogP contribution is 2.15. The molecule has 104 valence electrons. The van der Waals surface area contributed by atoms with Crippen molar-refractivity contribution in [1.82, 2.24) is 15.0 Å². The van der Waals surface area contributed by atoms with Crippen molar-refractivity contribution in [3.8, 4) is 11.3 Å². The van der Waals surface area contributed by atoms with Gasteiger partial charge in [0.15, 0.2) is 0 Å². The van der Waals surface area contributed by atoms with E-state index in [0.717, 1.165) is 16.8 Å². The van der Waals surface area contributed by atoms with Crippen LogP contribution in [0.2, 0.25) is 0 Å². The lowest BCUT2D eigenvalue weighted by atomic mass is 9.80. The van der Waals surface area contributed by atoms with Crippen LogP contribution in [0.3, 0.4) is 0 Å². The van der Waals surface area contributed by atoms with Crippen LogP contribution in [-0.4, -0.2) is 32.2 Å². The molecule has 5 nitrogen and oxygen atoms in total. The zero-order valence-electron chi connectivity index (χ0n) is 11.3. The molecule has 0 atom stereocenters. The van der Waals surface area contributed by atoms with Gasteiger partial charge in [0.25, 0.3) is 0 Å². The first-order valence-corrected chi connectivity index (χ1v) is 6.63. The Balaban J connectivity index is 1.75. The summed E-state index contributed by atoms with van der Waals surface area (Å²) in [6.07, 6.45) is 1.89. The van der Waals surface area contributed by atoms with E-state index in [4.69, 9.17) is 10.0 Å². The maximum absolute atomic E-state index is 9.06. The number of rotatable bonds is 4. The second-order valence-electron chi connectivity index (χ2n) is 4.78. The SMILES string of the molecule is OB(O)c1ccc(Cn2cc(-c3ccccc3)nn2)cc1. The van der Waals surface area contributed by atoms with Crippen LogP contribution in [0.4, 0.5) is 0 Å². The lowest BCUT2D eigenvalue weighted by Crippen LogP contribution is -2.29. The second kappa shape index (κ2) is 5.91. The standard InChI is InChI=1S/C15H14BN3O2/c20-16(21)14-8-6-12(7-9-14)10-19-11-15(17-18-19)13-4-2-1-3-5-13/h1-9,11,20-21H,10H2. The first-order valence-electron chi connectivity index (χ1n) is 6.63. The molecule has 0 unspecified atom stereocenters. The Morgan fingerprint density at radius 3 is 2.33 bits per heavy atom. The van der Waals surface area contributed by atoms with Crippen molar-refractivity contribution < 1.29 is 10.0 Å². The van der Waals surface area contributed by atoms with Crippen LogP contribution in [-0.2, 0) is 6.54 Å². The van der Waals surface area contributed by atoms with Gasteiger partial charge < -0.3 is 10.0 Å². The van der Waals surface area contributed by atoms with E-state index in [-0.39, 0.29) is 0 Å². The van der Waals surface area contributed by atoms with Gasteiger partial charge in [-0.3, -0.25) is 0 Å². The predicted octanol–water partition coefficient (Wildman–Crippen LogP) is 0.673. The van der Waals surface area contributed by atoms with E-state index in [9.17, 15) is 0 Å². The molecular formula is C15H14BN3O2. The minimum absolute atomic E-state index is 0.474. The smallest absolute Gasteiger partial charge is 0.423 e. The number of hydrogen-bond donors (Lipinski definition) is 2. The molecule has 3 rings (SSSR count). The quantitative estimate of drug-likeness (QED) is 0.689. The van der Waals surface area contributed by atoms with Gasteiger partial charge in [-0.05, 0) is 11.0 Å². The Hall–Kier alpha value is -2.44. The normalized spacial score (nSPS) is 10.6. The average Bonchev–Trinajstić information content (AvgIpc) is 2.97. The fourth-order valence-corrected chi connectivity index (χ4v) is 2.10. The molecule has 21 heavy (non-hydrogen) atoms. The second-order valence-corrected chi connectivity index (χ2v) is 4.78. The number of aromatic nitrogens is 3. The van der Waals surface area contributed by atoms with E-state index in [1.54, 1.807) is 16.8 Å². The molecule has 0 fully saturated rings. The maximum atomic E-state index is 9.06. The molecule has 0 aliphatic rings.